The quantitative estimate of drug-likeness (QED) is 0.0261. The van der Waals surface area contributed by atoms with Gasteiger partial charge in [-0.1, -0.05) is 233 Å². The third-order valence-electron chi connectivity index (χ3n) is 12.2. The molecule has 0 radical (unpaired) electrons. The van der Waals surface area contributed by atoms with E-state index in [1.165, 1.54) is 116 Å². The Morgan fingerprint density at radius 3 is 0.944 bits per heavy atom. The van der Waals surface area contributed by atoms with Gasteiger partial charge < -0.3 is 14.2 Å². The van der Waals surface area contributed by atoms with Crippen LogP contribution >= 0.6 is 0 Å². The zero-order chi connectivity index (χ0) is 51.4. The van der Waals surface area contributed by atoms with Crippen molar-refractivity contribution < 1.29 is 28.6 Å². The highest BCUT2D eigenvalue weighted by molar-refractivity contribution is 5.71. The largest absolute Gasteiger partial charge is 0.462 e. The van der Waals surface area contributed by atoms with Crippen molar-refractivity contribution in [1.82, 2.24) is 0 Å². The Morgan fingerprint density at radius 1 is 0.296 bits per heavy atom. The summed E-state index contributed by atoms with van der Waals surface area (Å²) < 4.78 is 16.8. The second kappa shape index (κ2) is 58.6. The molecule has 0 rings (SSSR count). The lowest BCUT2D eigenvalue weighted by Crippen LogP contribution is -2.30. The van der Waals surface area contributed by atoms with E-state index in [2.05, 4.69) is 130 Å². The van der Waals surface area contributed by atoms with Crippen LogP contribution < -0.4 is 0 Å². The Labute approximate surface area is 438 Å². The molecule has 0 heterocycles. The maximum atomic E-state index is 12.8. The van der Waals surface area contributed by atoms with Crippen molar-refractivity contribution in [2.24, 2.45) is 0 Å². The van der Waals surface area contributed by atoms with Gasteiger partial charge in [0.05, 0.1) is 0 Å². The van der Waals surface area contributed by atoms with Crippen LogP contribution in [0.5, 0.6) is 0 Å². The maximum absolute atomic E-state index is 12.8. The van der Waals surface area contributed by atoms with Crippen LogP contribution in [0.2, 0.25) is 0 Å². The molecule has 0 saturated heterocycles. The molecule has 0 spiro atoms. The first-order valence-corrected chi connectivity index (χ1v) is 29.4. The molecule has 0 aromatic carbocycles. The number of hydrogen-bond acceptors (Lipinski definition) is 6. The lowest BCUT2D eigenvalue weighted by Gasteiger charge is -2.18. The topological polar surface area (TPSA) is 78.9 Å². The van der Waals surface area contributed by atoms with Gasteiger partial charge in [-0.05, 0) is 122 Å². The maximum Gasteiger partial charge on any atom is 0.306 e. The Balaban J connectivity index is 4.51. The van der Waals surface area contributed by atoms with E-state index in [1.807, 2.05) is 0 Å². The summed E-state index contributed by atoms with van der Waals surface area (Å²) in [5.74, 6) is -0.982. The first kappa shape index (κ1) is 67.1. The predicted octanol–water partition coefficient (Wildman–Crippen LogP) is 19.9. The van der Waals surface area contributed by atoms with Crippen LogP contribution in [0.3, 0.4) is 0 Å². The van der Waals surface area contributed by atoms with Gasteiger partial charge in [0, 0.05) is 19.3 Å². The van der Waals surface area contributed by atoms with Crippen molar-refractivity contribution in [2.75, 3.05) is 13.2 Å². The number of allylic oxidation sites excluding steroid dienone is 18. The summed E-state index contributed by atoms with van der Waals surface area (Å²) in [7, 11) is 0. The van der Waals surface area contributed by atoms with Crippen LogP contribution in [0.15, 0.2) is 109 Å². The lowest BCUT2D eigenvalue weighted by molar-refractivity contribution is -0.167. The third kappa shape index (κ3) is 56.9. The summed E-state index contributed by atoms with van der Waals surface area (Å²) in [5, 5.41) is 0. The van der Waals surface area contributed by atoms with E-state index < -0.39 is 6.10 Å². The van der Waals surface area contributed by atoms with Gasteiger partial charge in [-0.3, -0.25) is 14.4 Å². The Kier molecular flexibility index (Phi) is 55.4. The number of carbonyl (C=O) groups excluding carboxylic acids is 3. The number of esters is 3. The molecule has 0 saturated carbocycles. The Morgan fingerprint density at radius 2 is 0.563 bits per heavy atom. The van der Waals surface area contributed by atoms with E-state index >= 15 is 0 Å². The Hall–Kier alpha value is -3.93. The molecule has 0 N–H and O–H groups in total. The summed E-state index contributed by atoms with van der Waals surface area (Å²) >= 11 is 0. The van der Waals surface area contributed by atoms with Gasteiger partial charge in [0.1, 0.15) is 13.2 Å². The predicted molar refractivity (Wildman–Crippen MR) is 307 cm³/mol. The zero-order valence-corrected chi connectivity index (χ0v) is 46.2. The molecule has 6 nitrogen and oxygen atoms in total. The standard InChI is InChI=1S/C65H108O6/c1-4-7-10-13-16-19-22-25-28-31-32-35-37-40-43-46-49-52-55-58-64(67)70-61-62(71-65(68)59-56-53-50-47-44-41-38-34-30-27-24-21-18-15-12-9-6-3)60-69-63(66)57-54-51-48-45-42-39-36-33-29-26-23-20-17-14-11-8-5-2/h9,12,16,18-19,21,25-30,32,35,38,41,47,50,62H,4-8,10-11,13-15,17,20,22-24,31,33-34,36-37,39-40,42-46,48-49,51-61H2,1-3H3/b12-9-,19-16-,21-18-,28-25-,29-26-,30-27-,35-32-,41-38-,50-47-/t62-/m1/s1. The van der Waals surface area contributed by atoms with E-state index in [0.29, 0.717) is 19.3 Å². The third-order valence-corrected chi connectivity index (χ3v) is 12.2. The highest BCUT2D eigenvalue weighted by Gasteiger charge is 2.19. The molecule has 0 aliphatic rings. The first-order chi connectivity index (χ1) is 35.0. The molecule has 0 bridgehead atoms. The molecular formula is C65H108O6. The number of carbonyl (C=O) groups is 3. The molecule has 404 valence electrons. The number of rotatable bonds is 52. The molecule has 0 unspecified atom stereocenters. The van der Waals surface area contributed by atoms with Crippen molar-refractivity contribution in [1.29, 1.82) is 0 Å². The van der Waals surface area contributed by atoms with Crippen molar-refractivity contribution in [3.8, 4) is 0 Å². The molecule has 0 fully saturated rings. The minimum atomic E-state index is -0.818. The monoisotopic (exact) mass is 985 g/mol. The SMILES string of the molecule is CC/C=C\C/C=C\C/C=C\C/C=C\C/C=C\CCCC(=O)O[C@@H](COC(=O)CCCCCCCC/C=C\C/C=C\C/C=C\CCCCC)COC(=O)CCCCCCCCC/C=C\CCCCCCCC. The van der Waals surface area contributed by atoms with Crippen molar-refractivity contribution >= 4 is 17.9 Å². The normalized spacial score (nSPS) is 12.9. The highest BCUT2D eigenvalue weighted by atomic mass is 16.6. The average molecular weight is 986 g/mol. The van der Waals surface area contributed by atoms with Gasteiger partial charge in [-0.25, -0.2) is 0 Å². The van der Waals surface area contributed by atoms with Crippen LogP contribution in [0.25, 0.3) is 0 Å². The number of unbranched alkanes of at least 4 members (excludes halogenated alkanes) is 23. The van der Waals surface area contributed by atoms with Crippen molar-refractivity contribution in [2.45, 2.75) is 271 Å². The van der Waals surface area contributed by atoms with Crippen LogP contribution in [-0.2, 0) is 28.6 Å². The first-order valence-electron chi connectivity index (χ1n) is 29.4. The fourth-order valence-electron chi connectivity index (χ4n) is 7.83. The molecule has 6 heteroatoms. The Bertz CT molecular complexity index is 1460. The average Bonchev–Trinajstić information content (AvgIpc) is 3.37. The summed E-state index contributed by atoms with van der Waals surface area (Å²) in [6.45, 7) is 6.44. The van der Waals surface area contributed by atoms with Crippen molar-refractivity contribution in [3.05, 3.63) is 109 Å². The summed E-state index contributed by atoms with van der Waals surface area (Å²) in [5.41, 5.74) is 0. The number of ether oxygens (including phenoxy) is 3. The molecule has 0 aliphatic heterocycles. The summed E-state index contributed by atoms with van der Waals surface area (Å²) in [6.07, 6.45) is 79.4. The van der Waals surface area contributed by atoms with Gasteiger partial charge in [0.2, 0.25) is 0 Å². The van der Waals surface area contributed by atoms with Crippen LogP contribution in [0, 0.1) is 0 Å². The second-order valence-corrected chi connectivity index (χ2v) is 19.2. The molecule has 1 atom stereocenters. The van der Waals surface area contributed by atoms with Gasteiger partial charge in [-0.2, -0.15) is 0 Å². The fraction of sp³-hybridized carbons (Fsp3) is 0.677. The molecule has 71 heavy (non-hydrogen) atoms. The minimum absolute atomic E-state index is 0.108. The van der Waals surface area contributed by atoms with Gasteiger partial charge in [-0.15, -0.1) is 0 Å². The highest BCUT2D eigenvalue weighted by Crippen LogP contribution is 2.14. The molecular weight excluding hydrogens is 877 g/mol. The molecule has 0 aliphatic carbocycles. The molecule has 0 amide bonds. The van der Waals surface area contributed by atoms with Gasteiger partial charge >= 0.3 is 17.9 Å². The zero-order valence-electron chi connectivity index (χ0n) is 46.2. The molecule has 0 aromatic rings. The minimum Gasteiger partial charge on any atom is -0.462 e. The van der Waals surface area contributed by atoms with Gasteiger partial charge in [0.15, 0.2) is 6.10 Å². The van der Waals surface area contributed by atoms with Crippen LogP contribution in [0.4, 0.5) is 0 Å². The molecule has 0 aromatic heterocycles. The lowest BCUT2D eigenvalue weighted by atomic mass is 10.1. The van der Waals surface area contributed by atoms with Crippen LogP contribution in [-0.4, -0.2) is 37.2 Å². The van der Waals surface area contributed by atoms with E-state index in [1.54, 1.807) is 0 Å². The number of hydrogen-bond donors (Lipinski definition) is 0. The fourth-order valence-corrected chi connectivity index (χ4v) is 7.83. The van der Waals surface area contributed by atoms with E-state index in [-0.39, 0.29) is 37.5 Å². The van der Waals surface area contributed by atoms with Gasteiger partial charge in [0.25, 0.3) is 0 Å². The van der Waals surface area contributed by atoms with Crippen LogP contribution in [0.1, 0.15) is 265 Å². The summed E-state index contributed by atoms with van der Waals surface area (Å²) in [4.78, 5) is 38.2. The van der Waals surface area contributed by atoms with E-state index in [0.717, 1.165) is 103 Å². The second-order valence-electron chi connectivity index (χ2n) is 19.2. The van der Waals surface area contributed by atoms with Crippen molar-refractivity contribution in [3.63, 3.8) is 0 Å². The van der Waals surface area contributed by atoms with E-state index in [9.17, 15) is 14.4 Å². The smallest absolute Gasteiger partial charge is 0.306 e. The summed E-state index contributed by atoms with van der Waals surface area (Å²) in [6, 6.07) is 0. The van der Waals surface area contributed by atoms with E-state index in [4.69, 9.17) is 14.2 Å².